The van der Waals surface area contributed by atoms with Crippen molar-refractivity contribution in [2.45, 2.75) is 91.9 Å². The van der Waals surface area contributed by atoms with Crippen LogP contribution < -0.4 is 0 Å². The number of aromatic nitrogens is 6. The van der Waals surface area contributed by atoms with Gasteiger partial charge in [-0.05, 0) is 119 Å². The smallest absolute Gasteiger partial charge is 0.416 e. The predicted octanol–water partition coefficient (Wildman–Crippen LogP) is 9.83. The zero-order chi connectivity index (χ0) is 48.7. The van der Waals surface area contributed by atoms with E-state index in [0.717, 1.165) is 47.8 Å². The minimum Gasteiger partial charge on any atom is -0.462 e. The first-order valence-corrected chi connectivity index (χ1v) is 21.9. The van der Waals surface area contributed by atoms with E-state index in [-0.39, 0.29) is 37.2 Å². The first-order chi connectivity index (χ1) is 31.4. The maximum Gasteiger partial charge on any atom is 0.416 e. The first-order valence-electron chi connectivity index (χ1n) is 20.3. The highest BCUT2D eigenvalue weighted by atomic mass is 32.2. The predicted molar refractivity (Wildman–Crippen MR) is 233 cm³/mol. The first kappa shape index (κ1) is 49.9. The Bertz CT molecular complexity index is 2690. The Morgan fingerprint density at radius 1 is 0.597 bits per heavy atom. The molecule has 0 bridgehead atoms. The molecule has 0 aliphatic rings. The Balaban J connectivity index is 0.922. The monoisotopic (exact) mass is 968 g/mol. The Labute approximate surface area is 388 Å². The summed E-state index contributed by atoms with van der Waals surface area (Å²) in [6.45, 7) is 8.33. The van der Waals surface area contributed by atoms with Crippen molar-refractivity contribution in [2.75, 3.05) is 6.61 Å². The fraction of sp³-hybridized carbons (Fsp3) is 0.304. The molecule has 67 heavy (non-hydrogen) atoms. The third kappa shape index (κ3) is 13.8. The molecule has 21 heteroatoms. The number of nitrogens with zero attached hydrogens (tertiary/aromatic N) is 6. The highest BCUT2D eigenvalue weighted by Gasteiger charge is 2.38. The van der Waals surface area contributed by atoms with Gasteiger partial charge in [0.05, 0.1) is 53.8 Å². The highest BCUT2D eigenvalue weighted by Crippen LogP contribution is 2.37. The molecule has 6 rings (SSSR count). The fourth-order valence-corrected chi connectivity index (χ4v) is 7.99. The van der Waals surface area contributed by atoms with Crippen molar-refractivity contribution >= 4 is 47.4 Å². The molecule has 0 aliphatic heterocycles. The summed E-state index contributed by atoms with van der Waals surface area (Å²) >= 11 is 2.24. The molecule has 1 atom stereocenters. The van der Waals surface area contributed by atoms with Gasteiger partial charge >= 0.3 is 36.2 Å². The Morgan fingerprint density at radius 3 is 1.49 bits per heavy atom. The molecule has 4 aromatic carbocycles. The van der Waals surface area contributed by atoms with Crippen LogP contribution in [0.2, 0.25) is 0 Å². The number of thioether (sulfide) groups is 2. The van der Waals surface area contributed by atoms with Gasteiger partial charge in [0.15, 0.2) is 0 Å². The maximum absolute atomic E-state index is 13.3. The summed E-state index contributed by atoms with van der Waals surface area (Å²) in [7, 11) is 0. The van der Waals surface area contributed by atoms with Gasteiger partial charge < -0.3 is 14.2 Å². The van der Waals surface area contributed by atoms with Crippen LogP contribution in [-0.4, -0.2) is 70.0 Å². The molecule has 1 unspecified atom stereocenters. The average Bonchev–Trinajstić information content (AvgIpc) is 3.93. The van der Waals surface area contributed by atoms with Crippen molar-refractivity contribution in [3.05, 3.63) is 154 Å². The summed E-state index contributed by atoms with van der Waals surface area (Å²) < 4.78 is 93.9. The molecule has 2 heterocycles. The summed E-state index contributed by atoms with van der Waals surface area (Å²) in [6, 6.07) is 22.0. The van der Waals surface area contributed by atoms with Gasteiger partial charge in [-0.3, -0.25) is 9.59 Å². The van der Waals surface area contributed by atoms with Gasteiger partial charge in [-0.2, -0.15) is 26.3 Å². The van der Waals surface area contributed by atoms with Gasteiger partial charge in [0, 0.05) is 22.4 Å². The molecule has 352 valence electrons. The van der Waals surface area contributed by atoms with E-state index in [4.69, 9.17) is 14.2 Å². The summed E-state index contributed by atoms with van der Waals surface area (Å²) in [6.07, 6.45) is -6.28. The lowest BCUT2D eigenvalue weighted by atomic mass is 10.1. The van der Waals surface area contributed by atoms with Crippen LogP contribution in [0.15, 0.2) is 119 Å². The minimum absolute atomic E-state index is 0.00776. The van der Waals surface area contributed by atoms with Crippen LogP contribution in [0.25, 0.3) is 0 Å². The average molecular weight is 969 g/mol. The molecule has 0 amide bonds. The van der Waals surface area contributed by atoms with E-state index in [1.54, 1.807) is 65.1 Å². The number of carbonyl (C=O) groups is 4. The molecule has 0 saturated heterocycles. The van der Waals surface area contributed by atoms with E-state index >= 15 is 0 Å². The van der Waals surface area contributed by atoms with E-state index in [1.165, 1.54) is 64.1 Å². The molecule has 0 spiro atoms. The lowest BCUT2D eigenvalue weighted by Gasteiger charge is -2.25. The Hall–Kier alpha value is -6.48. The van der Waals surface area contributed by atoms with E-state index in [2.05, 4.69) is 20.6 Å². The van der Waals surface area contributed by atoms with Gasteiger partial charge in [-0.15, -0.1) is 33.7 Å². The lowest BCUT2D eigenvalue weighted by Crippen LogP contribution is -2.38. The van der Waals surface area contributed by atoms with Crippen LogP contribution in [0.4, 0.5) is 26.3 Å². The Kier molecular flexibility index (Phi) is 15.3. The van der Waals surface area contributed by atoms with Crippen molar-refractivity contribution in [2.24, 2.45) is 0 Å². The fourth-order valence-electron chi connectivity index (χ4n) is 6.02. The van der Waals surface area contributed by atoms with Gasteiger partial charge in [0.25, 0.3) is 0 Å². The normalized spacial score (nSPS) is 12.6. The molecule has 6 aromatic rings. The maximum atomic E-state index is 13.3. The second-order valence-electron chi connectivity index (χ2n) is 16.0. The molecule has 13 nitrogen and oxygen atoms in total. The third-order valence-corrected chi connectivity index (χ3v) is 12.2. The van der Waals surface area contributed by atoms with Crippen molar-refractivity contribution in [1.29, 1.82) is 0 Å². The summed E-state index contributed by atoms with van der Waals surface area (Å²) in [5.74, 6) is -2.83. The number of ether oxygens (including phenoxy) is 3. The number of rotatable bonds is 17. The molecule has 0 radical (unpaired) electrons. The molecule has 0 fully saturated rings. The van der Waals surface area contributed by atoms with Crippen molar-refractivity contribution in [3.63, 3.8) is 0 Å². The largest absolute Gasteiger partial charge is 0.462 e. The number of halogens is 6. The van der Waals surface area contributed by atoms with Crippen LogP contribution >= 0.6 is 23.5 Å². The number of esters is 4. The van der Waals surface area contributed by atoms with E-state index in [9.17, 15) is 45.5 Å². The number of hydrogen-bond donors (Lipinski definition) is 0. The number of benzene rings is 4. The lowest BCUT2D eigenvalue weighted by molar-refractivity contribution is -0.162. The molecule has 0 N–H and O–H groups in total. The quantitative estimate of drug-likeness (QED) is 0.0280. The molecular formula is C46H42F6N6O7S2. The second kappa shape index (κ2) is 20.6. The third-order valence-electron chi connectivity index (χ3n) is 9.78. The SMILES string of the molecule is CC(OC(=O)c1ccc(SC(C)(C)C(=O)OC(=O)C(C)(C)Sc2ccc(C(=O)OCCc3cn(Cc4ccc(C(F)(F)F)cc4)nn3)cc2)cc1)c1cn(Cc2ccc(C(F)(F)F)cc2)nn1. The zero-order valence-electron chi connectivity index (χ0n) is 36.4. The van der Waals surface area contributed by atoms with Gasteiger partial charge in [0.1, 0.15) is 21.3 Å². The van der Waals surface area contributed by atoms with Crippen LogP contribution in [-0.2, 0) is 55.7 Å². The summed E-state index contributed by atoms with van der Waals surface area (Å²) in [5.41, 5.74) is 0.985. The Morgan fingerprint density at radius 2 is 1.03 bits per heavy atom. The van der Waals surface area contributed by atoms with Gasteiger partial charge in [-0.25, -0.2) is 19.0 Å². The summed E-state index contributed by atoms with van der Waals surface area (Å²) in [4.78, 5) is 53.4. The number of hydrogen-bond acceptors (Lipinski definition) is 13. The highest BCUT2D eigenvalue weighted by molar-refractivity contribution is 8.01. The van der Waals surface area contributed by atoms with Gasteiger partial charge in [0.2, 0.25) is 0 Å². The van der Waals surface area contributed by atoms with Crippen LogP contribution in [0.1, 0.15) is 95.1 Å². The minimum atomic E-state index is -4.44. The van der Waals surface area contributed by atoms with Crippen LogP contribution in [0.5, 0.6) is 0 Å². The zero-order valence-corrected chi connectivity index (χ0v) is 38.1. The van der Waals surface area contributed by atoms with Gasteiger partial charge in [-0.1, -0.05) is 34.7 Å². The molecule has 0 saturated carbocycles. The number of carbonyl (C=O) groups excluding carboxylic acids is 4. The standard InChI is InChI=1S/C46H42F6N6O7S2/c1-28(38-27-58(56-54-38)25-30-8-16-34(17-9-30)46(50,51)52)64-40(60)32-12-20-37(21-13-32)67-44(4,5)42(62)65-41(61)43(2,3)66-36-18-10-31(11-19-36)39(59)63-23-22-35-26-57(55-53-35)24-29-6-14-33(15-7-29)45(47,48)49/h6-21,26-28H,22-25H2,1-5H3. The van der Waals surface area contributed by atoms with E-state index < -0.39 is 63.0 Å². The molecule has 0 aliphatic carbocycles. The van der Waals surface area contributed by atoms with Crippen molar-refractivity contribution < 1.29 is 59.7 Å². The topological polar surface area (TPSA) is 157 Å². The van der Waals surface area contributed by atoms with Crippen molar-refractivity contribution in [1.82, 2.24) is 30.0 Å². The summed E-state index contributed by atoms with van der Waals surface area (Å²) in [5, 5.41) is 16.0. The van der Waals surface area contributed by atoms with E-state index in [1.807, 2.05) is 0 Å². The van der Waals surface area contributed by atoms with Crippen LogP contribution in [0.3, 0.4) is 0 Å². The van der Waals surface area contributed by atoms with Crippen molar-refractivity contribution in [3.8, 4) is 0 Å². The second-order valence-corrected chi connectivity index (χ2v) is 19.4. The number of alkyl halides is 6. The molecule has 2 aromatic heterocycles. The van der Waals surface area contributed by atoms with E-state index in [0.29, 0.717) is 32.3 Å². The van der Waals surface area contributed by atoms with Crippen LogP contribution in [0, 0.1) is 0 Å². The molecular weight excluding hydrogens is 927 g/mol.